The van der Waals surface area contributed by atoms with Gasteiger partial charge in [0.05, 0.1) is 26.0 Å². The summed E-state index contributed by atoms with van der Waals surface area (Å²) in [5, 5.41) is 7.89. The summed E-state index contributed by atoms with van der Waals surface area (Å²) >= 11 is 0. The minimum absolute atomic E-state index is 0.0127. The van der Waals surface area contributed by atoms with Crippen LogP contribution < -0.4 is 14.8 Å². The van der Waals surface area contributed by atoms with Crippen molar-refractivity contribution in [2.24, 2.45) is 7.05 Å². The van der Waals surface area contributed by atoms with Crippen LogP contribution in [-0.2, 0) is 13.5 Å². The first-order valence-electron chi connectivity index (χ1n) is 7.06. The van der Waals surface area contributed by atoms with E-state index in [1.54, 1.807) is 14.2 Å². The molecular formula is C16H23N3O2. The SMILES string of the molecule is CCc1nn(C)cc1C(NC)c1cc(OC)ccc1OC. The Morgan fingerprint density at radius 1 is 1.24 bits per heavy atom. The van der Waals surface area contributed by atoms with E-state index in [1.807, 2.05) is 37.0 Å². The van der Waals surface area contributed by atoms with Gasteiger partial charge in [0.25, 0.3) is 0 Å². The van der Waals surface area contributed by atoms with Crippen LogP contribution in [0.15, 0.2) is 24.4 Å². The zero-order valence-electron chi connectivity index (χ0n) is 13.3. The van der Waals surface area contributed by atoms with E-state index in [2.05, 4.69) is 23.5 Å². The molecule has 1 N–H and O–H groups in total. The van der Waals surface area contributed by atoms with Crippen molar-refractivity contribution in [1.29, 1.82) is 0 Å². The van der Waals surface area contributed by atoms with Crippen molar-refractivity contribution in [3.8, 4) is 11.5 Å². The Balaban J connectivity index is 2.54. The third kappa shape index (κ3) is 3.03. The van der Waals surface area contributed by atoms with E-state index in [0.717, 1.165) is 34.7 Å². The maximum absolute atomic E-state index is 5.51. The van der Waals surface area contributed by atoms with Crippen LogP contribution in [0.25, 0.3) is 0 Å². The van der Waals surface area contributed by atoms with Gasteiger partial charge in [-0.15, -0.1) is 0 Å². The highest BCUT2D eigenvalue weighted by Crippen LogP contribution is 2.34. The fourth-order valence-electron chi connectivity index (χ4n) is 2.61. The van der Waals surface area contributed by atoms with Gasteiger partial charge in [-0.3, -0.25) is 4.68 Å². The Hall–Kier alpha value is -2.01. The number of nitrogens with one attached hydrogen (secondary N) is 1. The lowest BCUT2D eigenvalue weighted by atomic mass is 9.97. The number of ether oxygens (including phenoxy) is 2. The van der Waals surface area contributed by atoms with Gasteiger partial charge < -0.3 is 14.8 Å². The summed E-state index contributed by atoms with van der Waals surface area (Å²) in [6, 6.07) is 5.85. The second-order valence-corrected chi connectivity index (χ2v) is 4.89. The van der Waals surface area contributed by atoms with E-state index >= 15 is 0 Å². The molecule has 1 heterocycles. The number of hydrogen-bond acceptors (Lipinski definition) is 4. The molecule has 2 rings (SSSR count). The summed E-state index contributed by atoms with van der Waals surface area (Å²) in [6.07, 6.45) is 2.94. The Labute approximate surface area is 125 Å². The molecule has 2 aromatic rings. The van der Waals surface area contributed by atoms with E-state index in [1.165, 1.54) is 0 Å². The standard InChI is InChI=1S/C16H23N3O2/c1-6-14-13(10-19(3)18-14)16(17-2)12-9-11(20-4)7-8-15(12)21-5/h7-10,16-17H,6H2,1-5H3. The molecule has 0 radical (unpaired) electrons. The lowest BCUT2D eigenvalue weighted by Gasteiger charge is -2.20. The molecule has 1 aromatic carbocycles. The lowest BCUT2D eigenvalue weighted by molar-refractivity contribution is 0.395. The van der Waals surface area contributed by atoms with E-state index in [0.29, 0.717) is 0 Å². The van der Waals surface area contributed by atoms with Crippen molar-refractivity contribution in [2.75, 3.05) is 21.3 Å². The molecule has 0 fully saturated rings. The summed E-state index contributed by atoms with van der Waals surface area (Å²) < 4.78 is 12.7. The van der Waals surface area contributed by atoms with Crippen LogP contribution in [0.3, 0.4) is 0 Å². The predicted molar refractivity (Wildman–Crippen MR) is 83.0 cm³/mol. The molecular weight excluding hydrogens is 266 g/mol. The lowest BCUT2D eigenvalue weighted by Crippen LogP contribution is -2.19. The van der Waals surface area contributed by atoms with Crippen LogP contribution >= 0.6 is 0 Å². The third-order valence-electron chi connectivity index (χ3n) is 3.62. The average molecular weight is 289 g/mol. The second kappa shape index (κ2) is 6.63. The molecule has 1 atom stereocenters. The van der Waals surface area contributed by atoms with E-state index in [9.17, 15) is 0 Å². The van der Waals surface area contributed by atoms with Crippen molar-refractivity contribution in [1.82, 2.24) is 15.1 Å². The fourth-order valence-corrected chi connectivity index (χ4v) is 2.61. The van der Waals surface area contributed by atoms with Crippen LogP contribution in [0.5, 0.6) is 11.5 Å². The van der Waals surface area contributed by atoms with Gasteiger partial charge in [0, 0.05) is 24.4 Å². The van der Waals surface area contributed by atoms with E-state index < -0.39 is 0 Å². The zero-order valence-corrected chi connectivity index (χ0v) is 13.3. The molecule has 0 aliphatic rings. The molecule has 0 bridgehead atoms. The van der Waals surface area contributed by atoms with Gasteiger partial charge in [0.1, 0.15) is 11.5 Å². The van der Waals surface area contributed by atoms with Crippen molar-refractivity contribution in [2.45, 2.75) is 19.4 Å². The number of nitrogens with zero attached hydrogens (tertiary/aromatic N) is 2. The molecule has 0 saturated heterocycles. The normalized spacial score (nSPS) is 12.2. The average Bonchev–Trinajstić information content (AvgIpc) is 2.88. The summed E-state index contributed by atoms with van der Waals surface area (Å²) in [7, 11) is 7.23. The van der Waals surface area contributed by atoms with Gasteiger partial charge in [-0.25, -0.2) is 0 Å². The molecule has 0 aliphatic carbocycles. The number of benzene rings is 1. The zero-order chi connectivity index (χ0) is 15.4. The molecule has 5 heteroatoms. The first-order valence-corrected chi connectivity index (χ1v) is 7.06. The van der Waals surface area contributed by atoms with Gasteiger partial charge in [0.2, 0.25) is 0 Å². The highest BCUT2D eigenvalue weighted by molar-refractivity contribution is 5.46. The highest BCUT2D eigenvalue weighted by Gasteiger charge is 2.22. The summed E-state index contributed by atoms with van der Waals surface area (Å²) in [5.41, 5.74) is 3.29. The molecule has 0 saturated carbocycles. The topological polar surface area (TPSA) is 48.3 Å². The summed E-state index contributed by atoms with van der Waals surface area (Å²) in [5.74, 6) is 1.65. The van der Waals surface area contributed by atoms with Crippen LogP contribution in [0, 0.1) is 0 Å². The van der Waals surface area contributed by atoms with Gasteiger partial charge in [-0.05, 0) is 31.7 Å². The quantitative estimate of drug-likeness (QED) is 0.886. The monoisotopic (exact) mass is 289 g/mol. The number of aryl methyl sites for hydroxylation is 2. The highest BCUT2D eigenvalue weighted by atomic mass is 16.5. The van der Waals surface area contributed by atoms with Gasteiger partial charge in [-0.2, -0.15) is 5.10 Å². The molecule has 1 unspecified atom stereocenters. The minimum atomic E-state index is 0.0127. The van der Waals surface area contributed by atoms with Crippen LogP contribution in [0.4, 0.5) is 0 Å². The molecule has 0 spiro atoms. The number of rotatable bonds is 6. The molecule has 5 nitrogen and oxygen atoms in total. The van der Waals surface area contributed by atoms with E-state index in [4.69, 9.17) is 9.47 Å². The molecule has 21 heavy (non-hydrogen) atoms. The summed E-state index contributed by atoms with van der Waals surface area (Å²) in [6.45, 7) is 2.11. The number of hydrogen-bond donors (Lipinski definition) is 1. The van der Waals surface area contributed by atoms with Gasteiger partial charge >= 0.3 is 0 Å². The van der Waals surface area contributed by atoms with Crippen molar-refractivity contribution >= 4 is 0 Å². The molecule has 0 amide bonds. The second-order valence-electron chi connectivity index (χ2n) is 4.89. The van der Waals surface area contributed by atoms with Crippen LogP contribution in [0.2, 0.25) is 0 Å². The van der Waals surface area contributed by atoms with Gasteiger partial charge in [-0.1, -0.05) is 6.92 Å². The smallest absolute Gasteiger partial charge is 0.124 e. The maximum Gasteiger partial charge on any atom is 0.124 e. The van der Waals surface area contributed by atoms with Crippen LogP contribution in [0.1, 0.15) is 29.8 Å². The fraction of sp³-hybridized carbons (Fsp3) is 0.438. The minimum Gasteiger partial charge on any atom is -0.497 e. The predicted octanol–water partition coefficient (Wildman–Crippen LogP) is 2.31. The van der Waals surface area contributed by atoms with Crippen molar-refractivity contribution in [3.63, 3.8) is 0 Å². The first kappa shape index (κ1) is 15.4. The summed E-state index contributed by atoms with van der Waals surface area (Å²) in [4.78, 5) is 0. The maximum atomic E-state index is 5.51. The van der Waals surface area contributed by atoms with Crippen LogP contribution in [-0.4, -0.2) is 31.0 Å². The Bertz CT molecular complexity index is 608. The Morgan fingerprint density at radius 2 is 2.00 bits per heavy atom. The van der Waals surface area contributed by atoms with Gasteiger partial charge in [0.15, 0.2) is 0 Å². The largest absolute Gasteiger partial charge is 0.497 e. The van der Waals surface area contributed by atoms with Crippen molar-refractivity contribution < 1.29 is 9.47 Å². The number of methoxy groups -OCH3 is 2. The molecule has 114 valence electrons. The Morgan fingerprint density at radius 3 is 2.57 bits per heavy atom. The first-order chi connectivity index (χ1) is 10.1. The molecule has 1 aromatic heterocycles. The van der Waals surface area contributed by atoms with Crippen molar-refractivity contribution in [3.05, 3.63) is 41.2 Å². The molecule has 0 aliphatic heterocycles. The third-order valence-corrected chi connectivity index (χ3v) is 3.62. The number of aromatic nitrogens is 2. The Kier molecular flexibility index (Phi) is 4.85. The van der Waals surface area contributed by atoms with E-state index in [-0.39, 0.29) is 6.04 Å².